The third-order valence-corrected chi connectivity index (χ3v) is 9.23. The maximum absolute atomic E-state index is 14.2. The molecule has 5 nitrogen and oxygen atoms in total. The predicted molar refractivity (Wildman–Crippen MR) is 99.6 cm³/mol. The van der Waals surface area contributed by atoms with Gasteiger partial charge in [0.05, 0.1) is 11.2 Å². The zero-order chi connectivity index (χ0) is 21.0. The van der Waals surface area contributed by atoms with Crippen molar-refractivity contribution in [2.45, 2.75) is 80.4 Å². The topological polar surface area (TPSA) is 76.1 Å². The summed E-state index contributed by atoms with van der Waals surface area (Å²) in [7, 11) is -4.04. The third-order valence-electron chi connectivity index (χ3n) is 6.95. The fraction of sp³-hybridized carbons (Fsp3) is 0.700. The van der Waals surface area contributed by atoms with Crippen LogP contribution in [0.1, 0.15) is 57.1 Å². The van der Waals surface area contributed by atoms with Crippen molar-refractivity contribution < 1.29 is 26.4 Å². The summed E-state index contributed by atoms with van der Waals surface area (Å²) in [5.41, 5.74) is -0.512. The van der Waals surface area contributed by atoms with Gasteiger partial charge in [-0.25, -0.2) is 22.2 Å². The van der Waals surface area contributed by atoms with E-state index in [4.69, 9.17) is 0 Å². The molecule has 9 heteroatoms. The van der Waals surface area contributed by atoms with Crippen molar-refractivity contribution in [3.05, 3.63) is 23.8 Å². The van der Waals surface area contributed by atoms with Crippen molar-refractivity contribution in [2.24, 2.45) is 11.3 Å². The first-order chi connectivity index (χ1) is 13.6. The normalized spacial score (nSPS) is 33.6. The number of halogens is 3. The molecule has 3 aliphatic carbocycles. The maximum atomic E-state index is 14.2. The third kappa shape index (κ3) is 3.55. The van der Waals surface area contributed by atoms with Crippen LogP contribution in [0, 0.1) is 24.2 Å². The average molecular weight is 430 g/mol. The SMILES string of the molecule is Cc1ccc(S(=O)(=O)[C@H]2CCC[C@@H]2C(=O)NC2CCC3(CC2)CC3(F)F)c(F)n1. The predicted octanol–water partition coefficient (Wildman–Crippen LogP) is 3.56. The summed E-state index contributed by atoms with van der Waals surface area (Å²) < 4.78 is 67.2. The number of aryl methyl sites for hydroxylation is 1. The monoisotopic (exact) mass is 430 g/mol. The number of carbonyl (C=O) groups excluding carboxylic acids is 1. The number of amides is 1. The first kappa shape index (κ1) is 20.6. The zero-order valence-electron chi connectivity index (χ0n) is 16.3. The van der Waals surface area contributed by atoms with Crippen LogP contribution in [0.2, 0.25) is 0 Å². The van der Waals surface area contributed by atoms with E-state index < -0.39 is 43.2 Å². The van der Waals surface area contributed by atoms with Crippen LogP contribution >= 0.6 is 0 Å². The number of pyridine rings is 1. The van der Waals surface area contributed by atoms with E-state index >= 15 is 0 Å². The Labute approximate surface area is 168 Å². The van der Waals surface area contributed by atoms with Crippen molar-refractivity contribution in [3.63, 3.8) is 0 Å². The Hall–Kier alpha value is -1.64. The summed E-state index contributed by atoms with van der Waals surface area (Å²) >= 11 is 0. The first-order valence-electron chi connectivity index (χ1n) is 10.1. The molecule has 1 spiro atoms. The molecule has 0 aliphatic heterocycles. The lowest BCUT2D eigenvalue weighted by molar-refractivity contribution is -0.125. The Morgan fingerprint density at radius 3 is 2.41 bits per heavy atom. The molecule has 1 N–H and O–H groups in total. The summed E-state index contributed by atoms with van der Waals surface area (Å²) in [5.74, 6) is -4.77. The first-order valence-corrected chi connectivity index (χ1v) is 11.7. The summed E-state index contributed by atoms with van der Waals surface area (Å²) in [6.45, 7) is 1.57. The van der Waals surface area contributed by atoms with Gasteiger partial charge in [0.25, 0.3) is 5.92 Å². The van der Waals surface area contributed by atoms with Gasteiger partial charge in [-0.05, 0) is 57.6 Å². The highest BCUT2D eigenvalue weighted by molar-refractivity contribution is 7.92. The van der Waals surface area contributed by atoms with Crippen LogP contribution in [0.3, 0.4) is 0 Å². The number of alkyl halides is 2. The largest absolute Gasteiger partial charge is 0.353 e. The van der Waals surface area contributed by atoms with Crippen LogP contribution in [0.5, 0.6) is 0 Å². The number of nitrogens with one attached hydrogen (secondary N) is 1. The summed E-state index contributed by atoms with van der Waals surface area (Å²) in [6.07, 6.45) is 2.88. The average Bonchev–Trinajstić information content (AvgIpc) is 2.99. The summed E-state index contributed by atoms with van der Waals surface area (Å²) in [5, 5.41) is 1.88. The van der Waals surface area contributed by atoms with Crippen LogP contribution in [0.4, 0.5) is 13.2 Å². The fourth-order valence-electron chi connectivity index (χ4n) is 5.03. The lowest BCUT2D eigenvalue weighted by Gasteiger charge is -2.30. The quantitative estimate of drug-likeness (QED) is 0.741. The van der Waals surface area contributed by atoms with E-state index in [-0.39, 0.29) is 24.8 Å². The molecule has 0 unspecified atom stereocenters. The number of carbonyl (C=O) groups is 1. The van der Waals surface area contributed by atoms with E-state index in [9.17, 15) is 26.4 Å². The number of hydrogen-bond acceptors (Lipinski definition) is 4. The molecule has 1 heterocycles. The molecule has 3 saturated carbocycles. The van der Waals surface area contributed by atoms with E-state index in [1.165, 1.54) is 12.1 Å². The van der Waals surface area contributed by atoms with Crippen molar-refractivity contribution in [1.29, 1.82) is 0 Å². The molecule has 4 rings (SSSR count). The molecule has 2 atom stereocenters. The van der Waals surface area contributed by atoms with Crippen LogP contribution < -0.4 is 5.32 Å². The Morgan fingerprint density at radius 2 is 1.83 bits per heavy atom. The molecular formula is C20H25F3N2O3S. The second-order valence-electron chi connectivity index (χ2n) is 8.81. The van der Waals surface area contributed by atoms with Gasteiger partial charge in [0.15, 0.2) is 9.84 Å². The molecule has 3 fully saturated rings. The maximum Gasteiger partial charge on any atom is 0.254 e. The van der Waals surface area contributed by atoms with Crippen LogP contribution in [-0.4, -0.2) is 36.5 Å². The standard InChI is InChI=1S/C20H25F3N2O3S/c1-12-5-6-16(17(21)24-12)29(27,28)15-4-2-3-14(15)18(26)25-13-7-9-19(10-8-13)11-20(19,22)23/h5-6,13-15H,2-4,7-11H2,1H3,(H,25,26)/t13?,14-,15-,19?/m0/s1. The minimum absolute atomic E-state index is 0.0697. The lowest BCUT2D eigenvalue weighted by atomic mass is 9.82. The molecular weight excluding hydrogens is 405 g/mol. The molecule has 0 aromatic carbocycles. The number of hydrogen-bond donors (Lipinski definition) is 1. The van der Waals surface area contributed by atoms with Crippen molar-refractivity contribution in [3.8, 4) is 0 Å². The van der Waals surface area contributed by atoms with E-state index in [1.54, 1.807) is 6.92 Å². The van der Waals surface area contributed by atoms with Gasteiger partial charge in [-0.15, -0.1) is 0 Å². The van der Waals surface area contributed by atoms with E-state index in [1.807, 2.05) is 0 Å². The molecule has 1 aromatic heterocycles. The number of nitrogens with zero attached hydrogens (tertiary/aromatic N) is 1. The minimum Gasteiger partial charge on any atom is -0.353 e. The summed E-state index contributed by atoms with van der Waals surface area (Å²) in [6, 6.07) is 2.42. The molecule has 0 radical (unpaired) electrons. The Bertz CT molecular complexity index is 927. The van der Waals surface area contributed by atoms with Gasteiger partial charge in [-0.1, -0.05) is 6.42 Å². The van der Waals surface area contributed by atoms with Gasteiger partial charge in [0.2, 0.25) is 11.9 Å². The van der Waals surface area contributed by atoms with Gasteiger partial charge >= 0.3 is 0 Å². The number of aromatic nitrogens is 1. The Balaban J connectivity index is 1.43. The van der Waals surface area contributed by atoms with Gasteiger partial charge in [0, 0.05) is 23.6 Å². The van der Waals surface area contributed by atoms with Gasteiger partial charge in [-0.2, -0.15) is 4.39 Å². The Kier molecular flexibility index (Phi) is 4.95. The molecule has 1 amide bonds. The highest BCUT2D eigenvalue weighted by Gasteiger charge is 2.70. The van der Waals surface area contributed by atoms with E-state index in [2.05, 4.69) is 10.3 Å². The molecule has 29 heavy (non-hydrogen) atoms. The molecule has 1 aromatic rings. The van der Waals surface area contributed by atoms with Crippen molar-refractivity contribution >= 4 is 15.7 Å². The number of rotatable bonds is 4. The fourth-order valence-corrected chi connectivity index (χ4v) is 7.06. The zero-order valence-corrected chi connectivity index (χ0v) is 17.1. The minimum atomic E-state index is -4.04. The molecule has 160 valence electrons. The van der Waals surface area contributed by atoms with Gasteiger partial charge < -0.3 is 5.32 Å². The highest BCUT2D eigenvalue weighted by atomic mass is 32.2. The molecule has 3 aliphatic rings. The molecule has 0 bridgehead atoms. The van der Waals surface area contributed by atoms with Gasteiger partial charge in [0.1, 0.15) is 4.90 Å². The lowest BCUT2D eigenvalue weighted by Crippen LogP contribution is -2.45. The van der Waals surface area contributed by atoms with Crippen LogP contribution in [0.25, 0.3) is 0 Å². The molecule has 0 saturated heterocycles. The highest BCUT2D eigenvalue weighted by Crippen LogP contribution is 2.67. The van der Waals surface area contributed by atoms with Crippen molar-refractivity contribution in [1.82, 2.24) is 10.3 Å². The summed E-state index contributed by atoms with van der Waals surface area (Å²) in [4.78, 5) is 15.9. The van der Waals surface area contributed by atoms with E-state index in [0.29, 0.717) is 44.2 Å². The van der Waals surface area contributed by atoms with Crippen LogP contribution in [0.15, 0.2) is 17.0 Å². The van der Waals surface area contributed by atoms with Crippen molar-refractivity contribution in [2.75, 3.05) is 0 Å². The smallest absolute Gasteiger partial charge is 0.254 e. The van der Waals surface area contributed by atoms with Crippen LogP contribution in [-0.2, 0) is 14.6 Å². The van der Waals surface area contributed by atoms with E-state index in [0.717, 1.165) is 0 Å². The second kappa shape index (κ2) is 6.96. The Morgan fingerprint density at radius 1 is 1.17 bits per heavy atom. The van der Waals surface area contributed by atoms with Gasteiger partial charge in [-0.3, -0.25) is 4.79 Å². The second-order valence-corrected chi connectivity index (χ2v) is 10.9. The number of sulfone groups is 1.